The van der Waals surface area contributed by atoms with Gasteiger partial charge in [-0.25, -0.2) is 4.79 Å². The minimum Gasteiger partial charge on any atom is -0.444 e. The van der Waals surface area contributed by atoms with Crippen molar-refractivity contribution in [2.75, 3.05) is 0 Å². The first kappa shape index (κ1) is 15.7. The second kappa shape index (κ2) is 5.33. The van der Waals surface area contributed by atoms with Crippen LogP contribution in [-0.2, 0) is 14.3 Å². The monoisotopic (exact) mass is 269 g/mol. The molecule has 0 spiro atoms. The zero-order valence-electron chi connectivity index (χ0n) is 12.3. The molecule has 19 heavy (non-hydrogen) atoms. The molecule has 108 valence electrons. The summed E-state index contributed by atoms with van der Waals surface area (Å²) in [4.78, 5) is 24.9. The van der Waals surface area contributed by atoms with Gasteiger partial charge >= 0.3 is 6.09 Å². The van der Waals surface area contributed by atoms with Gasteiger partial charge in [0, 0.05) is 0 Å². The van der Waals surface area contributed by atoms with Crippen LogP contribution in [-0.4, -0.2) is 40.8 Å². The number of rotatable bonds is 3. The van der Waals surface area contributed by atoms with Crippen LogP contribution < -0.4 is 0 Å². The van der Waals surface area contributed by atoms with Gasteiger partial charge in [-0.2, -0.15) is 0 Å². The predicted molar refractivity (Wildman–Crippen MR) is 71.7 cm³/mol. The zero-order chi connectivity index (χ0) is 14.8. The Morgan fingerprint density at radius 2 is 2.05 bits per heavy atom. The highest BCUT2D eigenvalue weighted by atomic mass is 16.6. The van der Waals surface area contributed by atoms with E-state index in [1.807, 2.05) is 0 Å². The third-order valence-electron chi connectivity index (χ3n) is 2.85. The zero-order valence-corrected chi connectivity index (χ0v) is 12.3. The molecule has 0 N–H and O–H groups in total. The topological polar surface area (TPSA) is 55.8 Å². The lowest BCUT2D eigenvalue weighted by Gasteiger charge is -2.34. The highest BCUT2D eigenvalue weighted by molar-refractivity contribution is 5.72. The van der Waals surface area contributed by atoms with Crippen LogP contribution in [0.1, 0.15) is 41.0 Å². The molecule has 0 bridgehead atoms. The fraction of sp³-hybridized carbons (Fsp3) is 0.714. The van der Waals surface area contributed by atoms with Crippen LogP contribution in [0.5, 0.6) is 0 Å². The Balaban J connectivity index is 3.01. The lowest BCUT2D eigenvalue weighted by atomic mass is 10.1. The quantitative estimate of drug-likeness (QED) is 0.583. The normalized spacial score (nSPS) is 26.1. The molecule has 2 atom stereocenters. The highest BCUT2D eigenvalue weighted by Gasteiger charge is 2.50. The van der Waals surface area contributed by atoms with Crippen molar-refractivity contribution < 1.29 is 19.1 Å². The van der Waals surface area contributed by atoms with Crippen molar-refractivity contribution in [2.24, 2.45) is 0 Å². The summed E-state index contributed by atoms with van der Waals surface area (Å²) in [5.74, 6) is 0. The number of nitrogens with zero attached hydrogens (tertiary/aromatic N) is 1. The van der Waals surface area contributed by atoms with E-state index in [1.54, 1.807) is 40.7 Å². The number of amides is 1. The molecule has 0 unspecified atom stereocenters. The average molecular weight is 269 g/mol. The van der Waals surface area contributed by atoms with E-state index in [1.165, 1.54) is 4.90 Å². The summed E-state index contributed by atoms with van der Waals surface area (Å²) in [6, 6.07) is -0.375. The molecule has 0 aromatic rings. The molecule has 1 aliphatic rings. The summed E-state index contributed by atoms with van der Waals surface area (Å²) in [5, 5.41) is 0. The lowest BCUT2D eigenvalue weighted by molar-refractivity contribution is -0.124. The first-order valence-electron chi connectivity index (χ1n) is 6.38. The minimum atomic E-state index is -0.873. The predicted octanol–water partition coefficient (Wildman–Crippen LogP) is 2.50. The van der Waals surface area contributed by atoms with Crippen molar-refractivity contribution >= 4 is 12.4 Å². The van der Waals surface area contributed by atoms with Crippen molar-refractivity contribution in [3.8, 4) is 0 Å². The van der Waals surface area contributed by atoms with E-state index in [-0.39, 0.29) is 6.04 Å². The maximum absolute atomic E-state index is 12.3. The van der Waals surface area contributed by atoms with E-state index in [9.17, 15) is 9.59 Å². The van der Waals surface area contributed by atoms with Crippen molar-refractivity contribution in [1.29, 1.82) is 0 Å². The van der Waals surface area contributed by atoms with E-state index in [2.05, 4.69) is 6.58 Å². The largest absolute Gasteiger partial charge is 0.444 e. The summed E-state index contributed by atoms with van der Waals surface area (Å²) >= 11 is 0. The molecule has 1 amide bonds. The van der Waals surface area contributed by atoms with Gasteiger partial charge in [0.2, 0.25) is 0 Å². The van der Waals surface area contributed by atoms with E-state index < -0.39 is 23.5 Å². The summed E-state index contributed by atoms with van der Waals surface area (Å²) in [6.45, 7) is 12.6. The van der Waals surface area contributed by atoms with Crippen LogP contribution >= 0.6 is 0 Å². The van der Waals surface area contributed by atoms with Crippen LogP contribution in [0, 0.1) is 0 Å². The van der Waals surface area contributed by atoms with Crippen LogP contribution in [0.4, 0.5) is 4.79 Å². The molecule has 0 aromatic heterocycles. The second-order valence-electron chi connectivity index (χ2n) is 6.11. The molecule has 0 aromatic carbocycles. The Labute approximate surface area is 114 Å². The molecule has 5 nitrogen and oxygen atoms in total. The molecule has 5 heteroatoms. The van der Waals surface area contributed by atoms with Gasteiger partial charge in [0.25, 0.3) is 0 Å². The number of aldehydes is 1. The number of carbonyl (C=O) groups is 2. The SMILES string of the molecule is C=CC[C@H]1[C@@H](C=O)OC(C)(C)N1C(=O)OC(C)(C)C. The fourth-order valence-corrected chi connectivity index (χ4v) is 2.21. The maximum Gasteiger partial charge on any atom is 0.412 e. The third kappa shape index (κ3) is 3.56. The Bertz CT molecular complexity index is 370. The van der Waals surface area contributed by atoms with Crippen molar-refractivity contribution in [1.82, 2.24) is 4.90 Å². The van der Waals surface area contributed by atoms with Gasteiger partial charge in [-0.3, -0.25) is 4.90 Å². The Morgan fingerprint density at radius 3 is 2.47 bits per heavy atom. The minimum absolute atomic E-state index is 0.375. The molecule has 1 aliphatic heterocycles. The number of hydrogen-bond donors (Lipinski definition) is 0. The van der Waals surface area contributed by atoms with E-state index in [0.717, 1.165) is 6.29 Å². The third-order valence-corrected chi connectivity index (χ3v) is 2.85. The Kier molecular flexibility index (Phi) is 4.40. The van der Waals surface area contributed by atoms with Crippen molar-refractivity contribution in [3.05, 3.63) is 12.7 Å². The fourth-order valence-electron chi connectivity index (χ4n) is 2.21. The molecule has 0 radical (unpaired) electrons. The van der Waals surface area contributed by atoms with Crippen LogP contribution in [0.15, 0.2) is 12.7 Å². The number of hydrogen-bond acceptors (Lipinski definition) is 4. The van der Waals surface area contributed by atoms with Crippen molar-refractivity contribution in [3.63, 3.8) is 0 Å². The standard InChI is InChI=1S/C14H23NO4/c1-7-8-10-11(9-16)18-14(5,6)15(10)12(17)19-13(2,3)4/h7,9-11H,1,8H2,2-6H3/t10-,11+/m0/s1. The summed E-state index contributed by atoms with van der Waals surface area (Å²) in [5.41, 5.74) is -1.47. The molecule has 1 heterocycles. The molecule has 0 aliphatic carbocycles. The van der Waals surface area contributed by atoms with E-state index in [4.69, 9.17) is 9.47 Å². The van der Waals surface area contributed by atoms with E-state index >= 15 is 0 Å². The van der Waals surface area contributed by atoms with Gasteiger partial charge < -0.3 is 14.3 Å². The molecule has 1 fully saturated rings. The second-order valence-corrected chi connectivity index (χ2v) is 6.11. The summed E-state index contributed by atoms with van der Waals surface area (Å²) < 4.78 is 11.0. The molecule has 1 rings (SSSR count). The number of ether oxygens (including phenoxy) is 2. The van der Waals surface area contributed by atoms with Gasteiger partial charge in [0.05, 0.1) is 6.04 Å². The van der Waals surface area contributed by atoms with E-state index in [0.29, 0.717) is 6.42 Å². The van der Waals surface area contributed by atoms with Gasteiger partial charge in [0.15, 0.2) is 6.29 Å². The van der Waals surface area contributed by atoms with Gasteiger partial charge in [-0.15, -0.1) is 6.58 Å². The van der Waals surface area contributed by atoms with Crippen LogP contribution in [0.3, 0.4) is 0 Å². The van der Waals surface area contributed by atoms with Crippen LogP contribution in [0.2, 0.25) is 0 Å². The molecular formula is C14H23NO4. The van der Waals surface area contributed by atoms with Gasteiger partial charge in [-0.1, -0.05) is 6.08 Å². The summed E-state index contributed by atoms with van der Waals surface area (Å²) in [6.07, 6.45) is 1.74. The molecular weight excluding hydrogens is 246 g/mol. The lowest BCUT2D eigenvalue weighted by Crippen LogP contribution is -2.50. The summed E-state index contributed by atoms with van der Waals surface area (Å²) in [7, 11) is 0. The maximum atomic E-state index is 12.3. The van der Waals surface area contributed by atoms with Gasteiger partial charge in [-0.05, 0) is 41.0 Å². The molecule has 1 saturated heterocycles. The number of carbonyl (C=O) groups excluding carboxylic acids is 2. The average Bonchev–Trinajstić information content (AvgIpc) is 2.47. The highest BCUT2D eigenvalue weighted by Crippen LogP contribution is 2.34. The molecule has 0 saturated carbocycles. The smallest absolute Gasteiger partial charge is 0.412 e. The van der Waals surface area contributed by atoms with Crippen molar-refractivity contribution in [2.45, 2.75) is 64.5 Å². The Hall–Kier alpha value is -1.36. The first-order chi connectivity index (χ1) is 8.62. The first-order valence-corrected chi connectivity index (χ1v) is 6.38. The van der Waals surface area contributed by atoms with Gasteiger partial charge in [0.1, 0.15) is 17.4 Å². The van der Waals surface area contributed by atoms with Crippen LogP contribution in [0.25, 0.3) is 0 Å². The Morgan fingerprint density at radius 1 is 1.47 bits per heavy atom.